The van der Waals surface area contributed by atoms with Gasteiger partial charge in [-0.05, 0) is 121 Å². The summed E-state index contributed by atoms with van der Waals surface area (Å²) in [4.78, 5) is 35.3. The predicted octanol–water partition coefficient (Wildman–Crippen LogP) is 9.41. The molecule has 0 aliphatic rings. The fourth-order valence-electron chi connectivity index (χ4n) is 7.18. The zero-order valence-corrected chi connectivity index (χ0v) is 40.6. The number of rotatable bonds is 15. The van der Waals surface area contributed by atoms with Crippen molar-refractivity contribution < 1.29 is 9.47 Å². The molecule has 0 radical (unpaired) electrons. The summed E-state index contributed by atoms with van der Waals surface area (Å²) in [5.74, 6) is 2.79. The molecule has 9 rings (SSSR count). The number of benzene rings is 4. The van der Waals surface area contributed by atoms with Crippen LogP contribution in [0.15, 0.2) is 108 Å². The zero-order valence-electron chi connectivity index (χ0n) is 39.0. The van der Waals surface area contributed by atoms with Gasteiger partial charge < -0.3 is 35.6 Å². The van der Waals surface area contributed by atoms with Crippen LogP contribution in [0.5, 0.6) is 11.5 Å². The van der Waals surface area contributed by atoms with Crippen molar-refractivity contribution in [2.75, 3.05) is 52.5 Å². The summed E-state index contributed by atoms with van der Waals surface area (Å²) in [5, 5.41) is 12.9. The number of aryl methyl sites for hydroxylation is 1. The summed E-state index contributed by atoms with van der Waals surface area (Å²) in [7, 11) is 11.8. The number of nitrogens with zero attached hydrogens (tertiary/aromatic N) is 11. The molecule has 3 atom stereocenters. The van der Waals surface area contributed by atoms with E-state index in [1.807, 2.05) is 107 Å². The summed E-state index contributed by atoms with van der Waals surface area (Å²) in [6.07, 6.45) is 10.1. The number of nitrogens with two attached hydrogens (primary N) is 1. The molecule has 0 saturated carbocycles. The smallest absolute Gasteiger partial charge is 0.145 e. The average Bonchev–Trinajstić information content (AvgIpc) is 4.11. The minimum absolute atomic E-state index is 0.0832. The fraction of sp³-hybridized carbons (Fsp3) is 0.265. The minimum Gasteiger partial charge on any atom is -0.491 e. The van der Waals surface area contributed by atoms with Gasteiger partial charge in [-0.2, -0.15) is 5.10 Å². The Morgan fingerprint density at radius 2 is 1.36 bits per heavy atom. The first-order valence-corrected chi connectivity index (χ1v) is 23.4. The number of fused-ring (bicyclic) bond motifs is 4. The van der Waals surface area contributed by atoms with E-state index in [1.54, 1.807) is 53.3 Å². The van der Waals surface area contributed by atoms with Crippen LogP contribution in [-0.4, -0.2) is 116 Å². The number of thiazole rings is 2. The molecule has 2 unspecified atom stereocenters. The van der Waals surface area contributed by atoms with Crippen LogP contribution >= 0.6 is 22.7 Å². The Balaban J connectivity index is 0.000000182. The number of likely N-dealkylation sites (N-methyl/N-ethyl adjacent to an activating group) is 2. The van der Waals surface area contributed by atoms with Gasteiger partial charge in [0, 0.05) is 67.3 Å². The van der Waals surface area contributed by atoms with E-state index in [-0.39, 0.29) is 18.2 Å². The van der Waals surface area contributed by atoms with Crippen LogP contribution in [0.3, 0.4) is 0 Å². The highest BCUT2D eigenvalue weighted by Crippen LogP contribution is 2.38. The van der Waals surface area contributed by atoms with Gasteiger partial charge in [-0.1, -0.05) is 0 Å². The molecule has 4 N–H and O–H groups in total. The van der Waals surface area contributed by atoms with Crippen LogP contribution in [0.1, 0.15) is 26.3 Å². The van der Waals surface area contributed by atoms with Crippen LogP contribution in [0.4, 0.5) is 23.0 Å². The molecule has 0 spiro atoms. The van der Waals surface area contributed by atoms with E-state index in [4.69, 9.17) is 15.2 Å². The van der Waals surface area contributed by atoms with Crippen molar-refractivity contribution in [2.24, 2.45) is 17.8 Å². The second-order valence-corrected chi connectivity index (χ2v) is 18.3. The van der Waals surface area contributed by atoms with E-state index in [0.717, 1.165) is 81.6 Å². The van der Waals surface area contributed by atoms with Gasteiger partial charge in [0.25, 0.3) is 0 Å². The molecule has 0 amide bonds. The van der Waals surface area contributed by atoms with Gasteiger partial charge in [0.15, 0.2) is 0 Å². The predicted molar refractivity (Wildman–Crippen MR) is 276 cm³/mol. The SMILES string of the molecule is CC(COc1cc(-c2cnn(C)c2)cc2ncnc(Nc3ccc4ncsc4c3)c12)N(C)C.CN=C/C(=C\N)c1cc(OC(C)[C@H](C)N(C)C)c2c(Nc3ccc4ncsc4c3)ncnc2c1. The first kappa shape index (κ1) is 46.4. The second kappa shape index (κ2) is 20.6. The molecule has 16 nitrogen and oxygen atoms in total. The van der Waals surface area contributed by atoms with Crippen molar-refractivity contribution in [1.82, 2.24) is 49.5 Å². The van der Waals surface area contributed by atoms with Crippen LogP contribution in [-0.2, 0) is 7.05 Å². The Bertz CT molecular complexity index is 3210. The molecular weight excluding hydrogens is 881 g/mol. The quantitative estimate of drug-likeness (QED) is 0.0827. The molecule has 5 heterocycles. The van der Waals surface area contributed by atoms with Gasteiger partial charge in [-0.3, -0.25) is 9.67 Å². The van der Waals surface area contributed by atoms with Gasteiger partial charge in [-0.25, -0.2) is 29.9 Å². The number of aliphatic imine (C=N–C) groups is 1. The Hall–Kier alpha value is -7.12. The number of hydrogen-bond acceptors (Lipinski definition) is 17. The van der Waals surface area contributed by atoms with E-state index in [2.05, 4.69) is 93.3 Å². The molecule has 4 aromatic carbocycles. The average molecular weight is 935 g/mol. The lowest BCUT2D eigenvalue weighted by atomic mass is 10.0. The number of hydrogen-bond donors (Lipinski definition) is 3. The lowest BCUT2D eigenvalue weighted by molar-refractivity contribution is 0.123. The van der Waals surface area contributed by atoms with E-state index >= 15 is 0 Å². The van der Waals surface area contributed by atoms with Gasteiger partial charge >= 0.3 is 0 Å². The summed E-state index contributed by atoms with van der Waals surface area (Å²) >= 11 is 3.21. The third-order valence-electron chi connectivity index (χ3n) is 11.6. The zero-order chi connectivity index (χ0) is 47.2. The number of allylic oxidation sites excluding steroid dienone is 1. The Kier molecular flexibility index (Phi) is 14.3. The van der Waals surface area contributed by atoms with E-state index in [0.29, 0.717) is 24.0 Å². The monoisotopic (exact) mass is 934 g/mol. The highest BCUT2D eigenvalue weighted by Gasteiger charge is 2.21. The van der Waals surface area contributed by atoms with Crippen LogP contribution < -0.4 is 25.8 Å². The molecular formula is C49H54N14O2S2. The lowest BCUT2D eigenvalue weighted by Crippen LogP contribution is -2.38. The molecule has 0 aliphatic heterocycles. The fourth-order valence-corrected chi connectivity index (χ4v) is 8.61. The normalized spacial score (nSPS) is 13.4. The van der Waals surface area contributed by atoms with Crippen LogP contribution in [0.25, 0.3) is 58.9 Å². The van der Waals surface area contributed by atoms with Gasteiger partial charge in [0.2, 0.25) is 0 Å². The number of nitrogens with one attached hydrogen (secondary N) is 2. The summed E-state index contributed by atoms with van der Waals surface area (Å²) in [6, 6.07) is 20.6. The highest BCUT2D eigenvalue weighted by molar-refractivity contribution is 7.17. The Labute approximate surface area is 397 Å². The molecule has 5 aromatic heterocycles. The maximum atomic E-state index is 6.52. The first-order valence-electron chi connectivity index (χ1n) is 21.6. The van der Waals surface area contributed by atoms with E-state index in [9.17, 15) is 0 Å². The van der Waals surface area contributed by atoms with Crippen LogP contribution in [0, 0.1) is 0 Å². The maximum absolute atomic E-state index is 6.52. The van der Waals surface area contributed by atoms with Crippen molar-refractivity contribution in [2.45, 2.75) is 39.0 Å². The molecule has 0 fully saturated rings. The van der Waals surface area contributed by atoms with Crippen molar-refractivity contribution in [3.05, 3.63) is 108 Å². The lowest BCUT2D eigenvalue weighted by Gasteiger charge is -2.28. The van der Waals surface area contributed by atoms with Gasteiger partial charge in [0.1, 0.15) is 48.5 Å². The standard InChI is InChI=1S/C25H29N7OS.C24H25N7OS/c1-15(32(4)5)16(2)33-22-9-17(18(11-26)12-27-3)8-21-24(22)25(29-13-28-21)31-19-6-7-20-23(10-19)34-14-30-20;1-15(30(2)3)12-32-21-8-16(17-10-28-31(4)11-17)7-20-23(21)24(26-13-25-20)29-18-5-6-19-22(9-18)33-14-27-19/h6-16H,26H2,1-5H3,(H,28,29,31);5-11,13-15H,12H2,1-4H3,(H,25,26,29)/b18-11+,27-12?;/t15-,16?;/m0./s1. The molecule has 18 heteroatoms. The molecule has 0 bridgehead atoms. The second-order valence-electron chi connectivity index (χ2n) is 16.6. The van der Waals surface area contributed by atoms with Crippen molar-refractivity contribution in [3.63, 3.8) is 0 Å². The van der Waals surface area contributed by atoms with Crippen molar-refractivity contribution in [3.8, 4) is 22.6 Å². The van der Waals surface area contributed by atoms with Crippen LogP contribution in [0.2, 0.25) is 0 Å². The topological polar surface area (TPSA) is 183 Å². The van der Waals surface area contributed by atoms with Crippen molar-refractivity contribution >= 4 is 99.7 Å². The van der Waals surface area contributed by atoms with Gasteiger partial charge in [0.05, 0.1) is 59.5 Å². The molecule has 9 aromatic rings. The summed E-state index contributed by atoms with van der Waals surface area (Å²) in [6.45, 7) is 6.86. The van der Waals surface area contributed by atoms with Gasteiger partial charge in [-0.15, -0.1) is 22.7 Å². The molecule has 0 saturated heterocycles. The molecule has 344 valence electrons. The van der Waals surface area contributed by atoms with E-state index in [1.165, 1.54) is 6.20 Å². The Morgan fingerprint density at radius 1 is 0.746 bits per heavy atom. The maximum Gasteiger partial charge on any atom is 0.145 e. The largest absolute Gasteiger partial charge is 0.491 e. The van der Waals surface area contributed by atoms with Crippen molar-refractivity contribution in [1.29, 1.82) is 0 Å². The molecule has 0 aliphatic carbocycles. The first-order chi connectivity index (χ1) is 32.4. The number of anilines is 4. The molecule has 67 heavy (non-hydrogen) atoms. The minimum atomic E-state index is -0.0832. The third-order valence-corrected chi connectivity index (χ3v) is 13.2. The summed E-state index contributed by atoms with van der Waals surface area (Å²) in [5.41, 5.74) is 18.6. The third kappa shape index (κ3) is 10.6. The Morgan fingerprint density at radius 3 is 1.91 bits per heavy atom. The number of aromatic nitrogens is 8. The summed E-state index contributed by atoms with van der Waals surface area (Å²) < 4.78 is 16.9. The highest BCUT2D eigenvalue weighted by atomic mass is 32.1. The number of ether oxygens (including phenoxy) is 2. The van der Waals surface area contributed by atoms with E-state index < -0.39 is 0 Å².